The van der Waals surface area contributed by atoms with Crippen LogP contribution in [0.25, 0.3) is 0 Å². The highest BCUT2D eigenvalue weighted by Gasteiger charge is 2.39. The van der Waals surface area contributed by atoms with Crippen molar-refractivity contribution in [3.8, 4) is 0 Å². The fourth-order valence-corrected chi connectivity index (χ4v) is 3.14. The van der Waals surface area contributed by atoms with Gasteiger partial charge in [-0.15, -0.1) is 0 Å². The Labute approximate surface area is 127 Å². The fourth-order valence-electron chi connectivity index (χ4n) is 2.72. The van der Waals surface area contributed by atoms with Crippen molar-refractivity contribution < 1.29 is 4.39 Å². The summed E-state index contributed by atoms with van der Waals surface area (Å²) >= 11 is 12.2. The Hall–Kier alpha value is -1.09. The molecule has 0 atom stereocenters. The molecule has 104 valence electrons. The highest BCUT2D eigenvalue weighted by Crippen LogP contribution is 2.36. The fraction of sp³-hybridized carbons (Fsp3) is 0.250. The van der Waals surface area contributed by atoms with Gasteiger partial charge in [-0.05, 0) is 36.2 Å². The Morgan fingerprint density at radius 3 is 2.45 bits per heavy atom. The second-order valence-corrected chi connectivity index (χ2v) is 6.11. The highest BCUT2D eigenvalue weighted by atomic mass is 35.5. The molecule has 1 nitrogen and oxygen atoms in total. The van der Waals surface area contributed by atoms with Gasteiger partial charge in [0.2, 0.25) is 0 Å². The molecule has 2 aromatic carbocycles. The van der Waals surface area contributed by atoms with Gasteiger partial charge in [-0.25, -0.2) is 4.39 Å². The summed E-state index contributed by atoms with van der Waals surface area (Å²) in [5, 5.41) is 4.46. The van der Waals surface area contributed by atoms with E-state index in [9.17, 15) is 4.39 Å². The summed E-state index contributed by atoms with van der Waals surface area (Å²) < 4.78 is 14.0. The molecule has 2 aromatic rings. The molecule has 0 bridgehead atoms. The summed E-state index contributed by atoms with van der Waals surface area (Å²) in [6.07, 6.45) is 0.575. The Morgan fingerprint density at radius 1 is 1.10 bits per heavy atom. The number of benzene rings is 2. The summed E-state index contributed by atoms with van der Waals surface area (Å²) in [5.74, 6) is -0.245. The number of hydrogen-bond acceptors (Lipinski definition) is 1. The minimum atomic E-state index is -0.245. The first-order valence-electron chi connectivity index (χ1n) is 6.50. The molecule has 0 aromatic heterocycles. The molecule has 1 N–H and O–H groups in total. The van der Waals surface area contributed by atoms with Gasteiger partial charge in [-0.1, -0.05) is 41.4 Å². The SMILES string of the molecule is Fc1cccc(Cl)c1CC1(c2cccc(Cl)c2)CNC1. The van der Waals surface area contributed by atoms with Gasteiger partial charge in [-0.2, -0.15) is 0 Å². The van der Waals surface area contributed by atoms with Crippen LogP contribution in [0, 0.1) is 5.82 Å². The van der Waals surface area contributed by atoms with E-state index in [-0.39, 0.29) is 11.2 Å². The summed E-state index contributed by atoms with van der Waals surface area (Å²) in [4.78, 5) is 0. The molecule has 1 fully saturated rings. The second-order valence-electron chi connectivity index (χ2n) is 5.27. The molecular formula is C16H14Cl2FN. The van der Waals surface area contributed by atoms with E-state index >= 15 is 0 Å². The molecule has 0 radical (unpaired) electrons. The molecule has 4 heteroatoms. The number of halogens is 3. The maximum Gasteiger partial charge on any atom is 0.127 e. The molecule has 0 spiro atoms. The van der Waals surface area contributed by atoms with Crippen molar-refractivity contribution in [1.29, 1.82) is 0 Å². The average Bonchev–Trinajstić information content (AvgIpc) is 2.36. The van der Waals surface area contributed by atoms with Crippen LogP contribution in [0.1, 0.15) is 11.1 Å². The quantitative estimate of drug-likeness (QED) is 0.895. The van der Waals surface area contributed by atoms with Gasteiger partial charge >= 0.3 is 0 Å². The predicted octanol–water partition coefficient (Wildman–Crippen LogP) is 4.22. The Balaban J connectivity index is 1.98. The molecule has 0 amide bonds. The molecular weight excluding hydrogens is 296 g/mol. The van der Waals surface area contributed by atoms with Crippen molar-refractivity contribution >= 4 is 23.2 Å². The van der Waals surface area contributed by atoms with E-state index in [0.717, 1.165) is 18.7 Å². The van der Waals surface area contributed by atoms with Crippen LogP contribution in [0.2, 0.25) is 10.0 Å². The highest BCUT2D eigenvalue weighted by molar-refractivity contribution is 6.31. The van der Waals surface area contributed by atoms with E-state index in [1.807, 2.05) is 24.3 Å². The van der Waals surface area contributed by atoms with E-state index in [2.05, 4.69) is 5.32 Å². The summed E-state index contributed by atoms with van der Waals surface area (Å²) in [5.41, 5.74) is 1.58. The third-order valence-corrected chi connectivity index (χ3v) is 4.53. The third-order valence-electron chi connectivity index (χ3n) is 3.94. The van der Waals surface area contributed by atoms with Gasteiger partial charge in [-0.3, -0.25) is 0 Å². The lowest BCUT2D eigenvalue weighted by Crippen LogP contribution is -2.58. The standard InChI is InChI=1S/C16H14Cl2FN/c17-12-4-1-3-11(7-12)16(9-20-10-16)8-13-14(18)5-2-6-15(13)19/h1-7,20H,8-10H2. The summed E-state index contributed by atoms with van der Waals surface area (Å²) in [6, 6.07) is 12.6. The topological polar surface area (TPSA) is 12.0 Å². The van der Waals surface area contributed by atoms with Gasteiger partial charge < -0.3 is 5.32 Å². The van der Waals surface area contributed by atoms with Crippen molar-refractivity contribution in [2.45, 2.75) is 11.8 Å². The van der Waals surface area contributed by atoms with Gasteiger partial charge in [0.05, 0.1) is 0 Å². The monoisotopic (exact) mass is 309 g/mol. The van der Waals surface area contributed by atoms with Crippen LogP contribution in [0.5, 0.6) is 0 Å². The molecule has 1 aliphatic rings. The van der Waals surface area contributed by atoms with E-state index in [0.29, 0.717) is 22.0 Å². The van der Waals surface area contributed by atoms with Crippen LogP contribution in [0.15, 0.2) is 42.5 Å². The molecule has 1 heterocycles. The van der Waals surface area contributed by atoms with Crippen molar-refractivity contribution in [1.82, 2.24) is 5.32 Å². The van der Waals surface area contributed by atoms with Gasteiger partial charge in [0.1, 0.15) is 5.82 Å². The molecule has 20 heavy (non-hydrogen) atoms. The van der Waals surface area contributed by atoms with Crippen LogP contribution in [-0.2, 0) is 11.8 Å². The van der Waals surface area contributed by atoms with Crippen molar-refractivity contribution in [2.75, 3.05) is 13.1 Å². The van der Waals surface area contributed by atoms with E-state index in [1.165, 1.54) is 6.07 Å². The van der Waals surface area contributed by atoms with E-state index in [4.69, 9.17) is 23.2 Å². The van der Waals surface area contributed by atoms with Gasteiger partial charge in [0.15, 0.2) is 0 Å². The Bertz CT molecular complexity index is 618. The number of nitrogens with one attached hydrogen (secondary N) is 1. The van der Waals surface area contributed by atoms with Crippen LogP contribution in [0.3, 0.4) is 0 Å². The molecule has 1 saturated heterocycles. The van der Waals surface area contributed by atoms with Crippen LogP contribution in [-0.4, -0.2) is 13.1 Å². The van der Waals surface area contributed by atoms with Crippen molar-refractivity contribution in [3.05, 3.63) is 69.5 Å². The van der Waals surface area contributed by atoms with E-state index in [1.54, 1.807) is 12.1 Å². The summed E-state index contributed by atoms with van der Waals surface area (Å²) in [7, 11) is 0. The third kappa shape index (κ3) is 2.44. The smallest absolute Gasteiger partial charge is 0.127 e. The van der Waals surface area contributed by atoms with Crippen LogP contribution >= 0.6 is 23.2 Å². The Kier molecular flexibility index (Phi) is 3.72. The zero-order valence-corrected chi connectivity index (χ0v) is 12.3. The molecule has 0 aliphatic carbocycles. The lowest BCUT2D eigenvalue weighted by molar-refractivity contribution is 0.272. The predicted molar refractivity (Wildman–Crippen MR) is 81.1 cm³/mol. The first kappa shape index (κ1) is 13.9. The first-order chi connectivity index (χ1) is 9.61. The average molecular weight is 310 g/mol. The normalized spacial score (nSPS) is 16.8. The number of hydrogen-bond donors (Lipinski definition) is 1. The zero-order chi connectivity index (χ0) is 14.2. The van der Waals surface area contributed by atoms with Gasteiger partial charge in [0, 0.05) is 34.1 Å². The first-order valence-corrected chi connectivity index (χ1v) is 7.26. The maximum absolute atomic E-state index is 14.0. The zero-order valence-electron chi connectivity index (χ0n) is 10.8. The van der Waals surface area contributed by atoms with E-state index < -0.39 is 0 Å². The van der Waals surface area contributed by atoms with Crippen molar-refractivity contribution in [3.63, 3.8) is 0 Å². The molecule has 1 aliphatic heterocycles. The van der Waals surface area contributed by atoms with Crippen molar-refractivity contribution in [2.24, 2.45) is 0 Å². The maximum atomic E-state index is 14.0. The molecule has 0 saturated carbocycles. The lowest BCUT2D eigenvalue weighted by Gasteiger charge is -2.43. The van der Waals surface area contributed by atoms with Gasteiger partial charge in [0.25, 0.3) is 0 Å². The molecule has 0 unspecified atom stereocenters. The van der Waals surface area contributed by atoms with Crippen LogP contribution in [0.4, 0.5) is 4.39 Å². The lowest BCUT2D eigenvalue weighted by atomic mass is 9.71. The number of rotatable bonds is 3. The van der Waals surface area contributed by atoms with Crippen LogP contribution < -0.4 is 5.32 Å². The molecule has 3 rings (SSSR count). The largest absolute Gasteiger partial charge is 0.315 e. The minimum Gasteiger partial charge on any atom is -0.315 e. The minimum absolute atomic E-state index is 0.128. The Morgan fingerprint density at radius 2 is 1.85 bits per heavy atom. The summed E-state index contributed by atoms with van der Waals surface area (Å²) in [6.45, 7) is 1.61. The second kappa shape index (κ2) is 5.36.